The van der Waals surface area contributed by atoms with Gasteiger partial charge >= 0.3 is 0 Å². The number of hydrogen-bond acceptors (Lipinski definition) is 2. The van der Waals surface area contributed by atoms with Crippen LogP contribution in [0.4, 0.5) is 0 Å². The second kappa shape index (κ2) is 5.08. The summed E-state index contributed by atoms with van der Waals surface area (Å²) in [5.74, 6) is 0.0802. The van der Waals surface area contributed by atoms with E-state index < -0.39 is 5.54 Å². The lowest BCUT2D eigenvalue weighted by Crippen LogP contribution is -2.56. The zero-order valence-corrected chi connectivity index (χ0v) is 13.1. The molecule has 1 aliphatic heterocycles. The highest BCUT2D eigenvalue weighted by atomic mass is 79.9. The molecule has 1 aromatic rings. The molecule has 1 aliphatic rings. The van der Waals surface area contributed by atoms with E-state index in [1.165, 1.54) is 0 Å². The molecule has 0 radical (unpaired) electrons. The summed E-state index contributed by atoms with van der Waals surface area (Å²) in [5, 5.41) is 0. The van der Waals surface area contributed by atoms with Crippen molar-refractivity contribution in [3.05, 3.63) is 33.8 Å². The quantitative estimate of drug-likeness (QED) is 0.794. The minimum atomic E-state index is -0.704. The average Bonchev–Trinajstić information content (AvgIpc) is 2.35. The molecule has 1 fully saturated rings. The normalized spacial score (nSPS) is 18.5. The van der Waals surface area contributed by atoms with E-state index in [2.05, 4.69) is 15.9 Å². The van der Waals surface area contributed by atoms with Gasteiger partial charge < -0.3 is 4.90 Å². The minimum absolute atomic E-state index is 0.0585. The first-order valence-corrected chi connectivity index (χ1v) is 7.25. The Kier molecular flexibility index (Phi) is 3.81. The largest absolute Gasteiger partial charge is 0.326 e. The lowest BCUT2D eigenvalue weighted by atomic mass is 9.88. The van der Waals surface area contributed by atoms with Crippen molar-refractivity contribution in [3.63, 3.8) is 0 Å². The van der Waals surface area contributed by atoms with Crippen molar-refractivity contribution in [2.45, 2.75) is 39.2 Å². The Morgan fingerprint density at radius 1 is 1.37 bits per heavy atom. The summed E-state index contributed by atoms with van der Waals surface area (Å²) in [7, 11) is 0. The van der Waals surface area contributed by atoms with Crippen molar-refractivity contribution in [2.75, 3.05) is 6.54 Å². The second-order valence-electron chi connectivity index (χ2n) is 5.50. The van der Waals surface area contributed by atoms with E-state index in [1.54, 1.807) is 4.90 Å². The van der Waals surface area contributed by atoms with Gasteiger partial charge in [-0.3, -0.25) is 9.59 Å². The van der Waals surface area contributed by atoms with Gasteiger partial charge in [-0.05, 0) is 44.9 Å². The lowest BCUT2D eigenvalue weighted by Gasteiger charge is -2.41. The molecule has 0 spiro atoms. The van der Waals surface area contributed by atoms with E-state index in [-0.39, 0.29) is 11.7 Å². The predicted molar refractivity (Wildman–Crippen MR) is 78.2 cm³/mol. The third-order valence-corrected chi connectivity index (χ3v) is 4.31. The van der Waals surface area contributed by atoms with Crippen molar-refractivity contribution in [1.82, 2.24) is 4.90 Å². The van der Waals surface area contributed by atoms with Crippen molar-refractivity contribution in [1.29, 1.82) is 0 Å². The number of benzene rings is 1. The number of amides is 1. The molecule has 19 heavy (non-hydrogen) atoms. The van der Waals surface area contributed by atoms with Crippen molar-refractivity contribution >= 4 is 27.6 Å². The molecule has 0 N–H and O–H groups in total. The second-order valence-corrected chi connectivity index (χ2v) is 6.42. The van der Waals surface area contributed by atoms with Crippen LogP contribution in [0.1, 0.15) is 42.6 Å². The number of rotatable bonds is 1. The van der Waals surface area contributed by atoms with Gasteiger partial charge in [-0.2, -0.15) is 0 Å². The van der Waals surface area contributed by atoms with E-state index in [1.807, 2.05) is 39.0 Å². The van der Waals surface area contributed by atoms with Crippen LogP contribution in [0.25, 0.3) is 0 Å². The summed E-state index contributed by atoms with van der Waals surface area (Å²) in [5.41, 5.74) is 0.892. The summed E-state index contributed by atoms with van der Waals surface area (Å²) < 4.78 is 0.877. The number of likely N-dealkylation sites (tertiary alicyclic amines) is 1. The highest BCUT2D eigenvalue weighted by molar-refractivity contribution is 9.10. The van der Waals surface area contributed by atoms with E-state index in [9.17, 15) is 9.59 Å². The van der Waals surface area contributed by atoms with E-state index >= 15 is 0 Å². The number of aryl methyl sites for hydroxylation is 1. The fraction of sp³-hybridized carbons (Fsp3) is 0.467. The number of hydrogen-bond donors (Lipinski definition) is 0. The third kappa shape index (κ3) is 2.59. The first-order chi connectivity index (χ1) is 8.84. The molecular formula is C15H18BrNO2. The summed E-state index contributed by atoms with van der Waals surface area (Å²) >= 11 is 3.39. The van der Waals surface area contributed by atoms with Gasteiger partial charge in [0.25, 0.3) is 5.91 Å². The van der Waals surface area contributed by atoms with Crippen LogP contribution < -0.4 is 0 Å². The van der Waals surface area contributed by atoms with Crippen molar-refractivity contribution in [3.8, 4) is 0 Å². The van der Waals surface area contributed by atoms with Crippen LogP contribution in [0.2, 0.25) is 0 Å². The van der Waals surface area contributed by atoms with Crippen molar-refractivity contribution < 1.29 is 9.59 Å². The molecule has 0 aliphatic carbocycles. The third-order valence-electron chi connectivity index (χ3n) is 3.82. The number of ketones is 1. The van der Waals surface area contributed by atoms with Gasteiger partial charge in [0, 0.05) is 23.0 Å². The van der Waals surface area contributed by atoms with Crippen LogP contribution >= 0.6 is 15.9 Å². The molecule has 1 amide bonds. The zero-order valence-electron chi connectivity index (χ0n) is 11.5. The van der Waals surface area contributed by atoms with Gasteiger partial charge in [-0.15, -0.1) is 0 Å². The van der Waals surface area contributed by atoms with Crippen LogP contribution in [0.15, 0.2) is 22.7 Å². The maximum absolute atomic E-state index is 12.7. The zero-order chi connectivity index (χ0) is 14.2. The van der Waals surface area contributed by atoms with Gasteiger partial charge in [0.2, 0.25) is 0 Å². The number of nitrogens with zero attached hydrogens (tertiary/aromatic N) is 1. The highest BCUT2D eigenvalue weighted by Gasteiger charge is 2.40. The van der Waals surface area contributed by atoms with E-state index in [0.29, 0.717) is 18.5 Å². The SMILES string of the molecule is Cc1ccc(Br)cc1C(=O)N1CCCC(=O)C1(C)C. The molecule has 0 atom stereocenters. The van der Waals surface area contributed by atoms with Crippen LogP contribution in [0.3, 0.4) is 0 Å². The Balaban J connectivity index is 2.38. The molecule has 0 saturated carbocycles. The molecule has 1 heterocycles. The summed E-state index contributed by atoms with van der Waals surface area (Å²) in [6.07, 6.45) is 1.31. The minimum Gasteiger partial charge on any atom is -0.326 e. The first kappa shape index (κ1) is 14.3. The van der Waals surface area contributed by atoms with Gasteiger partial charge in [0.05, 0.1) is 5.54 Å². The molecular weight excluding hydrogens is 306 g/mol. The molecule has 102 valence electrons. The summed E-state index contributed by atoms with van der Waals surface area (Å²) in [6.45, 7) is 6.22. The molecule has 0 unspecified atom stereocenters. The standard InChI is InChI=1S/C15H18BrNO2/c1-10-6-7-11(16)9-12(10)14(19)17-8-4-5-13(18)15(17,2)3/h6-7,9H,4-5,8H2,1-3H3. The number of Topliss-reactive ketones (excluding diaryl/α,β-unsaturated/α-hetero) is 1. The molecule has 0 bridgehead atoms. The van der Waals surface area contributed by atoms with Gasteiger partial charge in [-0.1, -0.05) is 22.0 Å². The Morgan fingerprint density at radius 3 is 2.74 bits per heavy atom. The number of piperidine rings is 1. The smallest absolute Gasteiger partial charge is 0.254 e. The van der Waals surface area contributed by atoms with Crippen LogP contribution in [-0.2, 0) is 4.79 Å². The number of carbonyl (C=O) groups excluding carboxylic acids is 2. The summed E-state index contributed by atoms with van der Waals surface area (Å²) in [6, 6.07) is 5.65. The Bertz CT molecular complexity index is 537. The lowest BCUT2D eigenvalue weighted by molar-refractivity contribution is -0.130. The Morgan fingerprint density at radius 2 is 2.05 bits per heavy atom. The first-order valence-electron chi connectivity index (χ1n) is 6.45. The van der Waals surface area contributed by atoms with Crippen LogP contribution in [-0.4, -0.2) is 28.7 Å². The molecule has 4 heteroatoms. The van der Waals surface area contributed by atoms with E-state index in [0.717, 1.165) is 16.5 Å². The van der Waals surface area contributed by atoms with Gasteiger partial charge in [-0.25, -0.2) is 0 Å². The Labute approximate surface area is 122 Å². The average molecular weight is 324 g/mol. The van der Waals surface area contributed by atoms with Crippen LogP contribution in [0, 0.1) is 6.92 Å². The van der Waals surface area contributed by atoms with E-state index in [4.69, 9.17) is 0 Å². The fourth-order valence-corrected chi connectivity index (χ4v) is 2.82. The molecule has 1 saturated heterocycles. The highest BCUT2D eigenvalue weighted by Crippen LogP contribution is 2.27. The maximum Gasteiger partial charge on any atom is 0.254 e. The van der Waals surface area contributed by atoms with Crippen molar-refractivity contribution in [2.24, 2.45) is 0 Å². The summed E-state index contributed by atoms with van der Waals surface area (Å²) in [4.78, 5) is 26.4. The molecule has 0 aromatic heterocycles. The molecule has 3 nitrogen and oxygen atoms in total. The topological polar surface area (TPSA) is 37.4 Å². The maximum atomic E-state index is 12.7. The molecule has 1 aromatic carbocycles. The van der Waals surface area contributed by atoms with Crippen LogP contribution in [0.5, 0.6) is 0 Å². The number of carbonyl (C=O) groups is 2. The van der Waals surface area contributed by atoms with Gasteiger partial charge in [0.1, 0.15) is 0 Å². The fourth-order valence-electron chi connectivity index (χ4n) is 2.46. The monoisotopic (exact) mass is 323 g/mol. The van der Waals surface area contributed by atoms with Gasteiger partial charge in [0.15, 0.2) is 5.78 Å². The molecule has 2 rings (SSSR count). The number of halogens is 1. The Hall–Kier alpha value is -1.16. The predicted octanol–water partition coefficient (Wildman–Crippen LogP) is 3.34.